The van der Waals surface area contributed by atoms with Gasteiger partial charge in [0.05, 0.1) is 18.4 Å². The Hall–Kier alpha value is -1.36. The van der Waals surface area contributed by atoms with Crippen molar-refractivity contribution in [2.24, 2.45) is 5.92 Å². The number of ether oxygens (including phenoxy) is 1. The number of hydrogen-bond acceptors (Lipinski definition) is 3. The first-order valence-corrected chi connectivity index (χ1v) is 7.34. The summed E-state index contributed by atoms with van der Waals surface area (Å²) in [7, 11) is 1.54. The molecular formula is C14H16BrNO3. The molecule has 0 spiro atoms. The first-order valence-electron chi connectivity index (χ1n) is 6.22. The standard InChI is InChI=1S/C14H16BrNO3/c1-3-9(7-15)8-16-12-5-4-10(19-2)6-11(12)13(17)14(16)18/h4-6,9H,3,7-8H2,1-2H3. The molecule has 1 amide bonds. The zero-order valence-electron chi connectivity index (χ0n) is 11.0. The van der Waals surface area contributed by atoms with E-state index in [-0.39, 0.29) is 0 Å². The van der Waals surface area contributed by atoms with Gasteiger partial charge in [-0.25, -0.2) is 0 Å². The van der Waals surface area contributed by atoms with Crippen molar-refractivity contribution in [1.82, 2.24) is 0 Å². The Morgan fingerprint density at radius 1 is 1.37 bits per heavy atom. The molecule has 0 fully saturated rings. The molecule has 0 radical (unpaired) electrons. The summed E-state index contributed by atoms with van der Waals surface area (Å²) in [4.78, 5) is 25.6. The van der Waals surface area contributed by atoms with Crippen molar-refractivity contribution in [3.63, 3.8) is 0 Å². The van der Waals surface area contributed by atoms with E-state index >= 15 is 0 Å². The van der Waals surface area contributed by atoms with Gasteiger partial charge in [-0.2, -0.15) is 0 Å². The number of fused-ring (bicyclic) bond motifs is 1. The smallest absolute Gasteiger partial charge is 0.299 e. The van der Waals surface area contributed by atoms with Crippen molar-refractivity contribution in [3.8, 4) is 5.75 Å². The number of carbonyl (C=O) groups is 2. The average Bonchev–Trinajstić information content (AvgIpc) is 2.68. The minimum Gasteiger partial charge on any atom is -0.497 e. The summed E-state index contributed by atoms with van der Waals surface area (Å²) < 4.78 is 5.09. The van der Waals surface area contributed by atoms with Crippen molar-refractivity contribution < 1.29 is 14.3 Å². The van der Waals surface area contributed by atoms with Crippen LogP contribution in [0, 0.1) is 5.92 Å². The lowest BCUT2D eigenvalue weighted by atomic mass is 10.1. The van der Waals surface area contributed by atoms with Crippen LogP contribution in [-0.4, -0.2) is 30.7 Å². The highest BCUT2D eigenvalue weighted by Crippen LogP contribution is 2.32. The summed E-state index contributed by atoms with van der Waals surface area (Å²) in [5.74, 6) is 0.0417. The lowest BCUT2D eigenvalue weighted by molar-refractivity contribution is -0.114. The number of Topliss-reactive ketones (excluding diaryl/α,β-unsaturated/α-hetero) is 1. The third-order valence-corrected chi connectivity index (χ3v) is 4.33. The number of carbonyl (C=O) groups excluding carboxylic acids is 2. The zero-order valence-corrected chi connectivity index (χ0v) is 12.6. The average molecular weight is 326 g/mol. The first kappa shape index (κ1) is 14.1. The molecule has 0 N–H and O–H groups in total. The van der Waals surface area contributed by atoms with Gasteiger partial charge in [-0.1, -0.05) is 29.3 Å². The van der Waals surface area contributed by atoms with Gasteiger partial charge in [0.15, 0.2) is 0 Å². The number of halogens is 1. The molecule has 0 bridgehead atoms. The molecule has 19 heavy (non-hydrogen) atoms. The van der Waals surface area contributed by atoms with Gasteiger partial charge in [-0.3, -0.25) is 9.59 Å². The van der Waals surface area contributed by atoms with Gasteiger partial charge in [0.1, 0.15) is 5.75 Å². The molecule has 1 aromatic rings. The van der Waals surface area contributed by atoms with E-state index in [2.05, 4.69) is 22.9 Å². The van der Waals surface area contributed by atoms with E-state index in [9.17, 15) is 9.59 Å². The number of alkyl halides is 1. The summed E-state index contributed by atoms with van der Waals surface area (Å²) >= 11 is 3.44. The molecule has 4 nitrogen and oxygen atoms in total. The van der Waals surface area contributed by atoms with Crippen LogP contribution in [0.15, 0.2) is 18.2 Å². The van der Waals surface area contributed by atoms with E-state index in [1.807, 2.05) is 0 Å². The van der Waals surface area contributed by atoms with Crippen molar-refractivity contribution in [2.45, 2.75) is 13.3 Å². The number of nitrogens with zero attached hydrogens (tertiary/aromatic N) is 1. The van der Waals surface area contributed by atoms with Crippen LogP contribution in [0.4, 0.5) is 5.69 Å². The van der Waals surface area contributed by atoms with Crippen molar-refractivity contribution in [3.05, 3.63) is 23.8 Å². The first-order chi connectivity index (χ1) is 9.12. The van der Waals surface area contributed by atoms with Gasteiger partial charge in [-0.05, 0) is 24.1 Å². The number of rotatable bonds is 5. The highest BCUT2D eigenvalue weighted by Gasteiger charge is 2.36. The quantitative estimate of drug-likeness (QED) is 0.617. The van der Waals surface area contributed by atoms with E-state index in [4.69, 9.17) is 4.74 Å². The molecule has 1 unspecified atom stereocenters. The Labute approximate surface area is 120 Å². The van der Waals surface area contributed by atoms with Gasteiger partial charge in [-0.15, -0.1) is 0 Å². The summed E-state index contributed by atoms with van der Waals surface area (Å²) in [5.41, 5.74) is 1.13. The molecule has 0 aromatic heterocycles. The summed E-state index contributed by atoms with van der Waals surface area (Å²) in [5, 5.41) is 0.812. The second-order valence-corrected chi connectivity index (χ2v) is 5.20. The minimum atomic E-state index is -0.446. The minimum absolute atomic E-state index is 0.338. The summed E-state index contributed by atoms with van der Waals surface area (Å²) in [6.07, 6.45) is 0.953. The van der Waals surface area contributed by atoms with Crippen LogP contribution in [0.2, 0.25) is 0 Å². The second kappa shape index (κ2) is 5.74. The molecule has 1 atom stereocenters. The summed E-state index contributed by atoms with van der Waals surface area (Å²) in [6.45, 7) is 2.63. The van der Waals surface area contributed by atoms with E-state index < -0.39 is 11.7 Å². The maximum atomic E-state index is 12.0. The predicted octanol–water partition coefficient (Wildman–Crippen LogP) is 2.65. The van der Waals surface area contributed by atoms with E-state index in [0.717, 1.165) is 11.8 Å². The Morgan fingerprint density at radius 2 is 2.11 bits per heavy atom. The van der Waals surface area contributed by atoms with E-state index in [0.29, 0.717) is 29.5 Å². The molecule has 1 aromatic carbocycles. The third-order valence-electron chi connectivity index (χ3n) is 3.41. The van der Waals surface area contributed by atoms with Crippen LogP contribution in [0.3, 0.4) is 0 Å². The SMILES string of the molecule is CCC(CBr)CN1C(=O)C(=O)c2cc(OC)ccc21. The van der Waals surface area contributed by atoms with Crippen LogP contribution < -0.4 is 9.64 Å². The fourth-order valence-corrected chi connectivity index (χ4v) is 2.80. The molecule has 1 heterocycles. The number of amides is 1. The number of methoxy groups -OCH3 is 1. The Morgan fingerprint density at radius 3 is 2.68 bits per heavy atom. The molecule has 0 saturated carbocycles. The van der Waals surface area contributed by atoms with Crippen LogP contribution in [-0.2, 0) is 4.79 Å². The maximum Gasteiger partial charge on any atom is 0.299 e. The lowest BCUT2D eigenvalue weighted by Gasteiger charge is -2.21. The monoisotopic (exact) mass is 325 g/mol. The third kappa shape index (κ3) is 2.52. The van der Waals surface area contributed by atoms with Crippen molar-refractivity contribution in [1.29, 1.82) is 0 Å². The van der Waals surface area contributed by atoms with Crippen LogP contribution in [0.25, 0.3) is 0 Å². The van der Waals surface area contributed by atoms with Crippen molar-refractivity contribution in [2.75, 3.05) is 23.9 Å². The fraction of sp³-hybridized carbons (Fsp3) is 0.429. The van der Waals surface area contributed by atoms with E-state index in [1.54, 1.807) is 30.2 Å². The van der Waals surface area contributed by atoms with Gasteiger partial charge in [0.2, 0.25) is 0 Å². The number of ketones is 1. The normalized spacial score (nSPS) is 15.6. The predicted molar refractivity (Wildman–Crippen MR) is 77.3 cm³/mol. The largest absolute Gasteiger partial charge is 0.497 e. The Bertz CT molecular complexity index is 511. The van der Waals surface area contributed by atoms with E-state index in [1.165, 1.54) is 0 Å². The van der Waals surface area contributed by atoms with Crippen LogP contribution in [0.5, 0.6) is 5.75 Å². The lowest BCUT2D eigenvalue weighted by Crippen LogP contribution is -2.34. The second-order valence-electron chi connectivity index (χ2n) is 4.56. The fourth-order valence-electron chi connectivity index (χ4n) is 2.13. The molecule has 0 saturated heterocycles. The molecule has 0 aliphatic carbocycles. The number of anilines is 1. The van der Waals surface area contributed by atoms with Gasteiger partial charge >= 0.3 is 0 Å². The van der Waals surface area contributed by atoms with Gasteiger partial charge in [0, 0.05) is 11.9 Å². The molecule has 1 aliphatic heterocycles. The Kier molecular flexibility index (Phi) is 4.24. The highest BCUT2D eigenvalue weighted by molar-refractivity contribution is 9.09. The molecule has 1 aliphatic rings. The number of benzene rings is 1. The molecule has 102 valence electrons. The Balaban J connectivity index is 2.34. The number of hydrogen-bond donors (Lipinski definition) is 0. The van der Waals surface area contributed by atoms with Gasteiger partial charge < -0.3 is 9.64 Å². The topological polar surface area (TPSA) is 46.6 Å². The zero-order chi connectivity index (χ0) is 14.0. The van der Waals surface area contributed by atoms with Crippen molar-refractivity contribution >= 4 is 33.3 Å². The molecule has 5 heteroatoms. The van der Waals surface area contributed by atoms with Gasteiger partial charge in [0.25, 0.3) is 11.7 Å². The molecule has 2 rings (SSSR count). The maximum absolute atomic E-state index is 12.0. The summed E-state index contributed by atoms with van der Waals surface area (Å²) in [6, 6.07) is 5.18. The highest BCUT2D eigenvalue weighted by atomic mass is 79.9. The van der Waals surface area contributed by atoms with Crippen LogP contribution >= 0.6 is 15.9 Å². The molecular weight excluding hydrogens is 310 g/mol. The van der Waals surface area contributed by atoms with Crippen LogP contribution in [0.1, 0.15) is 23.7 Å².